The van der Waals surface area contributed by atoms with E-state index in [1.54, 1.807) is 42.6 Å². The second kappa shape index (κ2) is 10.2. The summed E-state index contributed by atoms with van der Waals surface area (Å²) < 4.78 is 5.23. The lowest BCUT2D eigenvalue weighted by Gasteiger charge is -2.26. The number of methoxy groups -OCH3 is 1. The Morgan fingerprint density at radius 3 is 2.58 bits per heavy atom. The number of nitrogens with zero attached hydrogens (tertiary/aromatic N) is 3. The number of rotatable bonds is 9. The lowest BCUT2D eigenvalue weighted by Crippen LogP contribution is -2.33. The van der Waals surface area contributed by atoms with Gasteiger partial charge in [-0.15, -0.1) is 0 Å². The van der Waals surface area contributed by atoms with Crippen LogP contribution in [-0.2, 0) is 9.59 Å². The minimum Gasteiger partial charge on any atom is -0.507 e. The van der Waals surface area contributed by atoms with E-state index in [4.69, 9.17) is 4.74 Å². The molecule has 1 aromatic carbocycles. The fourth-order valence-electron chi connectivity index (χ4n) is 3.89. The van der Waals surface area contributed by atoms with Gasteiger partial charge >= 0.3 is 0 Å². The van der Waals surface area contributed by atoms with Crippen molar-refractivity contribution in [3.05, 3.63) is 65.5 Å². The summed E-state index contributed by atoms with van der Waals surface area (Å²) in [4.78, 5) is 34.1. The molecule has 0 aliphatic carbocycles. The van der Waals surface area contributed by atoms with E-state index in [-0.39, 0.29) is 11.3 Å². The summed E-state index contributed by atoms with van der Waals surface area (Å²) in [6.45, 7) is 7.26. The van der Waals surface area contributed by atoms with Crippen molar-refractivity contribution in [3.8, 4) is 5.75 Å². The molecule has 7 nitrogen and oxygen atoms in total. The number of amides is 1. The Hall–Kier alpha value is -3.19. The number of ketones is 1. The molecule has 31 heavy (non-hydrogen) atoms. The maximum atomic E-state index is 13.0. The summed E-state index contributed by atoms with van der Waals surface area (Å²) in [5.41, 5.74) is 1.02. The number of likely N-dealkylation sites (tertiary alicyclic amines) is 1. The topological polar surface area (TPSA) is 83.0 Å². The molecule has 1 atom stereocenters. The van der Waals surface area contributed by atoms with Crippen molar-refractivity contribution in [2.24, 2.45) is 0 Å². The fourth-order valence-corrected chi connectivity index (χ4v) is 3.89. The number of hydrogen-bond acceptors (Lipinski definition) is 6. The van der Waals surface area contributed by atoms with Gasteiger partial charge in [-0.2, -0.15) is 0 Å². The molecule has 1 fully saturated rings. The molecule has 2 aromatic rings. The van der Waals surface area contributed by atoms with Crippen molar-refractivity contribution in [1.82, 2.24) is 14.8 Å². The molecule has 1 N–H and O–H groups in total. The van der Waals surface area contributed by atoms with Crippen LogP contribution in [-0.4, -0.2) is 64.9 Å². The summed E-state index contributed by atoms with van der Waals surface area (Å²) >= 11 is 0. The van der Waals surface area contributed by atoms with E-state index in [9.17, 15) is 14.7 Å². The molecule has 2 heterocycles. The Balaban J connectivity index is 2.01. The fraction of sp³-hybridized carbons (Fsp3) is 0.375. The number of carbonyl (C=O) groups is 2. The van der Waals surface area contributed by atoms with Crippen molar-refractivity contribution < 1.29 is 19.4 Å². The largest absolute Gasteiger partial charge is 0.507 e. The number of hydrogen-bond donors (Lipinski definition) is 1. The number of aliphatic hydroxyl groups is 1. The van der Waals surface area contributed by atoms with Gasteiger partial charge in [-0.3, -0.25) is 14.6 Å². The van der Waals surface area contributed by atoms with Crippen LogP contribution in [0.25, 0.3) is 5.76 Å². The van der Waals surface area contributed by atoms with Crippen LogP contribution in [0.3, 0.4) is 0 Å². The van der Waals surface area contributed by atoms with Gasteiger partial charge in [0.2, 0.25) is 0 Å². The Kier molecular flexibility index (Phi) is 7.41. The van der Waals surface area contributed by atoms with Crippen LogP contribution in [0.5, 0.6) is 5.75 Å². The number of pyridine rings is 1. The Morgan fingerprint density at radius 2 is 1.94 bits per heavy atom. The minimum absolute atomic E-state index is 0.0554. The SMILES string of the molecule is CCN(CC)CCCN1C(=O)C(=O)C(=C(O)c2cccc(OC)c2)[C@H]1c1ccccn1. The zero-order valence-corrected chi connectivity index (χ0v) is 18.2. The minimum atomic E-state index is -0.732. The third-order valence-electron chi connectivity index (χ3n) is 5.62. The van der Waals surface area contributed by atoms with Crippen LogP contribution in [0.2, 0.25) is 0 Å². The quantitative estimate of drug-likeness (QED) is 0.379. The summed E-state index contributed by atoms with van der Waals surface area (Å²) in [5, 5.41) is 11.1. The number of ether oxygens (including phenoxy) is 1. The summed E-state index contributed by atoms with van der Waals surface area (Å²) in [6, 6.07) is 11.4. The lowest BCUT2D eigenvalue weighted by molar-refractivity contribution is -0.140. The number of carbonyl (C=O) groups excluding carboxylic acids is 2. The van der Waals surface area contributed by atoms with Gasteiger partial charge in [0.15, 0.2) is 0 Å². The molecule has 0 saturated carbocycles. The standard InChI is InChI=1S/C24H29N3O4/c1-4-26(5-2)14-9-15-27-21(19-12-6-7-13-25-19)20(23(29)24(27)30)22(28)17-10-8-11-18(16-17)31-3/h6-8,10-13,16,21,28H,4-5,9,14-15H2,1-3H3/t21-/m1/s1. The van der Waals surface area contributed by atoms with Gasteiger partial charge in [0.25, 0.3) is 11.7 Å². The predicted molar refractivity (Wildman–Crippen MR) is 119 cm³/mol. The van der Waals surface area contributed by atoms with Crippen molar-refractivity contribution >= 4 is 17.4 Å². The maximum absolute atomic E-state index is 13.0. The van der Waals surface area contributed by atoms with Crippen molar-refractivity contribution in [2.75, 3.05) is 33.3 Å². The third kappa shape index (κ3) is 4.77. The normalized spacial score (nSPS) is 18.1. The van der Waals surface area contributed by atoms with E-state index in [1.807, 2.05) is 6.07 Å². The van der Waals surface area contributed by atoms with E-state index in [0.717, 1.165) is 26.1 Å². The van der Waals surface area contributed by atoms with Gasteiger partial charge in [0.05, 0.1) is 18.4 Å². The van der Waals surface area contributed by atoms with Gasteiger partial charge in [-0.25, -0.2) is 0 Å². The van der Waals surface area contributed by atoms with Crippen molar-refractivity contribution in [3.63, 3.8) is 0 Å². The van der Waals surface area contributed by atoms with Crippen LogP contribution in [0.1, 0.15) is 37.6 Å². The number of aromatic nitrogens is 1. The monoisotopic (exact) mass is 423 g/mol. The summed E-state index contributed by atoms with van der Waals surface area (Å²) in [7, 11) is 1.53. The van der Waals surface area contributed by atoms with Crippen LogP contribution < -0.4 is 4.74 Å². The second-order valence-electron chi connectivity index (χ2n) is 7.36. The van der Waals surface area contributed by atoms with Gasteiger partial charge < -0.3 is 19.6 Å². The third-order valence-corrected chi connectivity index (χ3v) is 5.62. The lowest BCUT2D eigenvalue weighted by atomic mass is 9.98. The van der Waals surface area contributed by atoms with Crippen LogP contribution in [0, 0.1) is 0 Å². The zero-order valence-electron chi connectivity index (χ0n) is 18.2. The molecule has 1 saturated heterocycles. The molecule has 164 valence electrons. The van der Waals surface area contributed by atoms with Crippen molar-refractivity contribution in [1.29, 1.82) is 0 Å². The zero-order chi connectivity index (χ0) is 22.4. The summed E-state index contributed by atoms with van der Waals surface area (Å²) in [6.07, 6.45) is 2.34. The van der Waals surface area contributed by atoms with Crippen LogP contribution in [0.4, 0.5) is 0 Å². The highest BCUT2D eigenvalue weighted by Crippen LogP contribution is 2.38. The molecular formula is C24H29N3O4. The van der Waals surface area contributed by atoms with Crippen molar-refractivity contribution in [2.45, 2.75) is 26.3 Å². The second-order valence-corrected chi connectivity index (χ2v) is 7.36. The number of benzene rings is 1. The van der Waals surface area contributed by atoms with Crippen LogP contribution in [0.15, 0.2) is 54.2 Å². The molecule has 0 bridgehead atoms. The molecule has 1 amide bonds. The first-order chi connectivity index (χ1) is 15.0. The first-order valence-electron chi connectivity index (χ1n) is 10.6. The van der Waals surface area contributed by atoms with Gasteiger partial charge in [0.1, 0.15) is 17.6 Å². The van der Waals surface area contributed by atoms with E-state index >= 15 is 0 Å². The molecule has 3 rings (SSSR count). The highest BCUT2D eigenvalue weighted by Gasteiger charge is 2.46. The highest BCUT2D eigenvalue weighted by atomic mass is 16.5. The van der Waals surface area contributed by atoms with E-state index in [1.165, 1.54) is 12.0 Å². The molecular weight excluding hydrogens is 394 g/mol. The number of Topliss-reactive ketones (excluding diaryl/α,β-unsaturated/α-hetero) is 1. The summed E-state index contributed by atoms with van der Waals surface area (Å²) in [5.74, 6) is -0.982. The molecule has 7 heteroatoms. The first kappa shape index (κ1) is 22.5. The molecule has 0 spiro atoms. The van der Waals surface area contributed by atoms with Gasteiger partial charge in [0, 0.05) is 18.3 Å². The maximum Gasteiger partial charge on any atom is 0.295 e. The smallest absolute Gasteiger partial charge is 0.295 e. The Morgan fingerprint density at radius 1 is 1.16 bits per heavy atom. The van der Waals surface area contributed by atoms with E-state index in [2.05, 4.69) is 23.7 Å². The predicted octanol–water partition coefficient (Wildman–Crippen LogP) is 3.24. The van der Waals surface area contributed by atoms with Crippen LogP contribution >= 0.6 is 0 Å². The van der Waals surface area contributed by atoms with E-state index < -0.39 is 17.7 Å². The highest BCUT2D eigenvalue weighted by molar-refractivity contribution is 6.46. The molecule has 0 radical (unpaired) electrons. The van der Waals surface area contributed by atoms with E-state index in [0.29, 0.717) is 23.6 Å². The molecule has 0 unspecified atom stereocenters. The average molecular weight is 424 g/mol. The average Bonchev–Trinajstić information content (AvgIpc) is 3.07. The number of aliphatic hydroxyl groups excluding tert-OH is 1. The Bertz CT molecular complexity index is 954. The molecule has 1 aliphatic rings. The molecule has 1 aliphatic heterocycles. The van der Waals surface area contributed by atoms with Gasteiger partial charge in [-0.1, -0.05) is 32.0 Å². The Labute approximate surface area is 183 Å². The molecule has 1 aromatic heterocycles. The van der Waals surface area contributed by atoms with Gasteiger partial charge in [-0.05, 0) is 50.3 Å². The first-order valence-corrected chi connectivity index (χ1v) is 10.6.